The number of carbonyl (C=O) groups is 1. The number of nitrogens with zero attached hydrogens (tertiary/aromatic N) is 5. The van der Waals surface area contributed by atoms with Gasteiger partial charge in [0, 0.05) is 24.7 Å². The molecule has 0 aliphatic rings. The molecular formula is C17H16N6O. The van der Waals surface area contributed by atoms with Crippen LogP contribution in [0.2, 0.25) is 0 Å². The van der Waals surface area contributed by atoms with Crippen LogP contribution in [0.1, 0.15) is 12.0 Å². The lowest BCUT2D eigenvalue weighted by atomic mass is 10.2. The molecule has 120 valence electrons. The van der Waals surface area contributed by atoms with Gasteiger partial charge in [0.1, 0.15) is 5.52 Å². The Labute approximate surface area is 137 Å². The molecule has 4 aromatic rings. The number of aryl methyl sites for hydroxylation is 1. The summed E-state index contributed by atoms with van der Waals surface area (Å²) < 4.78 is 3.55. The molecule has 3 heterocycles. The first-order valence-corrected chi connectivity index (χ1v) is 7.77. The number of rotatable bonds is 5. The molecule has 3 aromatic heterocycles. The lowest BCUT2D eigenvalue weighted by molar-refractivity contribution is -0.121. The van der Waals surface area contributed by atoms with Crippen molar-refractivity contribution in [1.29, 1.82) is 0 Å². The Morgan fingerprint density at radius 1 is 1.08 bits per heavy atom. The van der Waals surface area contributed by atoms with Gasteiger partial charge in [-0.1, -0.05) is 23.4 Å². The quantitative estimate of drug-likeness (QED) is 0.608. The van der Waals surface area contributed by atoms with Crippen molar-refractivity contribution in [3.63, 3.8) is 0 Å². The van der Waals surface area contributed by atoms with Crippen LogP contribution in [-0.4, -0.2) is 30.5 Å². The molecule has 24 heavy (non-hydrogen) atoms. The van der Waals surface area contributed by atoms with Crippen LogP contribution in [-0.2, 0) is 17.9 Å². The lowest BCUT2D eigenvalue weighted by Gasteiger charge is -2.05. The monoisotopic (exact) mass is 320 g/mol. The molecule has 1 aromatic carbocycles. The van der Waals surface area contributed by atoms with E-state index < -0.39 is 0 Å². The van der Waals surface area contributed by atoms with E-state index in [1.807, 2.05) is 48.7 Å². The Morgan fingerprint density at radius 3 is 2.88 bits per heavy atom. The fourth-order valence-electron chi connectivity index (χ4n) is 2.70. The minimum atomic E-state index is -0.0233. The average Bonchev–Trinajstić information content (AvgIpc) is 3.22. The Kier molecular flexibility index (Phi) is 3.66. The van der Waals surface area contributed by atoms with Crippen molar-refractivity contribution in [3.05, 3.63) is 60.4 Å². The summed E-state index contributed by atoms with van der Waals surface area (Å²) in [5, 5.41) is 15.4. The van der Waals surface area contributed by atoms with Crippen molar-refractivity contribution in [2.24, 2.45) is 0 Å². The van der Waals surface area contributed by atoms with Gasteiger partial charge in [-0.2, -0.15) is 5.10 Å². The van der Waals surface area contributed by atoms with E-state index in [4.69, 9.17) is 0 Å². The number of fused-ring (bicyclic) bond motifs is 2. The van der Waals surface area contributed by atoms with Crippen molar-refractivity contribution in [2.75, 3.05) is 0 Å². The highest BCUT2D eigenvalue weighted by atomic mass is 16.1. The van der Waals surface area contributed by atoms with E-state index in [-0.39, 0.29) is 5.91 Å². The second-order valence-corrected chi connectivity index (χ2v) is 5.53. The fraction of sp³-hybridized carbons (Fsp3) is 0.176. The highest BCUT2D eigenvalue weighted by Gasteiger charge is 2.08. The summed E-state index contributed by atoms with van der Waals surface area (Å²) in [6.45, 7) is 0.964. The summed E-state index contributed by atoms with van der Waals surface area (Å²) in [6.07, 6.45) is 4.02. The number of aromatic nitrogens is 5. The number of nitrogens with one attached hydrogen (secondary N) is 1. The van der Waals surface area contributed by atoms with E-state index in [9.17, 15) is 4.79 Å². The Hall–Kier alpha value is -3.22. The molecule has 4 rings (SSSR count). The smallest absolute Gasteiger partial charge is 0.222 e. The number of para-hydroxylation sites is 1. The fourth-order valence-corrected chi connectivity index (χ4v) is 2.70. The molecule has 0 radical (unpaired) electrons. The van der Waals surface area contributed by atoms with Crippen LogP contribution >= 0.6 is 0 Å². The predicted octanol–water partition coefficient (Wildman–Crippen LogP) is 1.79. The first-order valence-electron chi connectivity index (χ1n) is 7.77. The molecule has 1 amide bonds. The van der Waals surface area contributed by atoms with E-state index in [1.54, 1.807) is 15.4 Å². The van der Waals surface area contributed by atoms with E-state index in [0.29, 0.717) is 19.5 Å². The molecule has 0 aliphatic heterocycles. The maximum Gasteiger partial charge on any atom is 0.222 e. The van der Waals surface area contributed by atoms with Crippen LogP contribution in [0.5, 0.6) is 0 Å². The summed E-state index contributed by atoms with van der Waals surface area (Å²) in [4.78, 5) is 12.1. The summed E-state index contributed by atoms with van der Waals surface area (Å²) in [7, 11) is 0. The largest absolute Gasteiger partial charge is 0.352 e. The normalized spacial score (nSPS) is 11.2. The van der Waals surface area contributed by atoms with Crippen molar-refractivity contribution in [1.82, 2.24) is 29.9 Å². The second-order valence-electron chi connectivity index (χ2n) is 5.53. The molecule has 1 N–H and O–H groups in total. The van der Waals surface area contributed by atoms with Gasteiger partial charge in [0.2, 0.25) is 5.91 Å². The van der Waals surface area contributed by atoms with Gasteiger partial charge in [-0.25, -0.2) is 9.20 Å². The van der Waals surface area contributed by atoms with Gasteiger partial charge < -0.3 is 5.32 Å². The topological polar surface area (TPSA) is 77.1 Å². The number of hydrogen-bond acceptors (Lipinski definition) is 4. The van der Waals surface area contributed by atoms with Gasteiger partial charge >= 0.3 is 0 Å². The van der Waals surface area contributed by atoms with Gasteiger partial charge in [0.25, 0.3) is 0 Å². The van der Waals surface area contributed by atoms with Crippen LogP contribution in [0.4, 0.5) is 0 Å². The molecule has 7 nitrogen and oxygen atoms in total. The highest BCUT2D eigenvalue weighted by molar-refractivity contribution is 5.77. The van der Waals surface area contributed by atoms with Crippen LogP contribution in [0.3, 0.4) is 0 Å². The number of pyridine rings is 1. The summed E-state index contributed by atoms with van der Waals surface area (Å²) in [5.41, 5.74) is 3.77. The molecule has 0 saturated heterocycles. The van der Waals surface area contributed by atoms with Crippen LogP contribution in [0.15, 0.2) is 54.9 Å². The molecule has 0 unspecified atom stereocenters. The Bertz CT molecular complexity index is 922. The van der Waals surface area contributed by atoms with Crippen LogP contribution < -0.4 is 5.32 Å². The second kappa shape index (κ2) is 6.11. The van der Waals surface area contributed by atoms with Crippen molar-refractivity contribution in [3.8, 4) is 0 Å². The Morgan fingerprint density at radius 2 is 1.92 bits per heavy atom. The van der Waals surface area contributed by atoms with Crippen molar-refractivity contribution in [2.45, 2.75) is 19.5 Å². The first-order chi connectivity index (χ1) is 11.8. The maximum atomic E-state index is 12.1. The maximum absolute atomic E-state index is 12.1. The standard InChI is InChI=1S/C17H16N6O/c24-17(8-10-23-16-7-2-1-5-14(16)20-21-23)18-11-13-12-19-22-9-4-3-6-15(13)22/h1-7,9,12H,8,10-11H2,(H,18,24). The molecule has 7 heteroatoms. The minimum absolute atomic E-state index is 0.0233. The highest BCUT2D eigenvalue weighted by Crippen LogP contribution is 2.11. The summed E-state index contributed by atoms with van der Waals surface area (Å²) in [6, 6.07) is 13.6. The van der Waals surface area contributed by atoms with Gasteiger partial charge in [-0.3, -0.25) is 4.79 Å². The van der Waals surface area contributed by atoms with Gasteiger partial charge in [-0.15, -0.1) is 5.10 Å². The van der Waals surface area contributed by atoms with E-state index in [1.165, 1.54) is 0 Å². The number of amides is 1. The lowest BCUT2D eigenvalue weighted by Crippen LogP contribution is -2.24. The number of carbonyl (C=O) groups excluding carboxylic acids is 1. The molecule has 0 bridgehead atoms. The van der Waals surface area contributed by atoms with Gasteiger partial charge in [0.05, 0.1) is 23.8 Å². The Balaban J connectivity index is 1.37. The van der Waals surface area contributed by atoms with Gasteiger partial charge in [0.15, 0.2) is 0 Å². The minimum Gasteiger partial charge on any atom is -0.352 e. The molecule has 0 saturated carbocycles. The molecular weight excluding hydrogens is 304 g/mol. The third-order valence-corrected chi connectivity index (χ3v) is 3.95. The molecule has 0 spiro atoms. The zero-order valence-electron chi connectivity index (χ0n) is 13.0. The number of hydrogen-bond donors (Lipinski definition) is 1. The molecule has 0 aliphatic carbocycles. The third-order valence-electron chi connectivity index (χ3n) is 3.95. The molecule has 0 fully saturated rings. The first kappa shape index (κ1) is 14.4. The van der Waals surface area contributed by atoms with Gasteiger partial charge in [-0.05, 0) is 24.3 Å². The van der Waals surface area contributed by atoms with Crippen LogP contribution in [0, 0.1) is 0 Å². The zero-order valence-corrected chi connectivity index (χ0v) is 13.0. The van der Waals surface area contributed by atoms with Crippen molar-refractivity contribution < 1.29 is 4.79 Å². The van der Waals surface area contributed by atoms with Crippen LogP contribution in [0.25, 0.3) is 16.6 Å². The summed E-state index contributed by atoms with van der Waals surface area (Å²) in [5.74, 6) is -0.0233. The summed E-state index contributed by atoms with van der Waals surface area (Å²) >= 11 is 0. The SMILES string of the molecule is O=C(CCn1nnc2ccccc21)NCc1cnn2ccccc12. The van der Waals surface area contributed by atoms with E-state index in [2.05, 4.69) is 20.7 Å². The zero-order chi connectivity index (χ0) is 16.4. The predicted molar refractivity (Wildman–Crippen MR) is 89.2 cm³/mol. The van der Waals surface area contributed by atoms with Crippen molar-refractivity contribution >= 4 is 22.5 Å². The third kappa shape index (κ3) is 2.71. The average molecular weight is 320 g/mol. The van der Waals surface area contributed by atoms with E-state index >= 15 is 0 Å². The van der Waals surface area contributed by atoms with E-state index in [0.717, 1.165) is 22.1 Å². The number of benzene rings is 1. The molecule has 0 atom stereocenters.